The maximum absolute atomic E-state index is 12.4. The van der Waals surface area contributed by atoms with E-state index in [0.29, 0.717) is 17.3 Å². The summed E-state index contributed by atoms with van der Waals surface area (Å²) < 4.78 is 10.2. The van der Waals surface area contributed by atoms with Crippen LogP contribution in [0, 0.1) is 0 Å². The molecule has 2 amide bonds. The van der Waals surface area contributed by atoms with Gasteiger partial charge >= 0.3 is 0 Å². The maximum Gasteiger partial charge on any atom is 0.237 e. The van der Waals surface area contributed by atoms with Crippen molar-refractivity contribution >= 4 is 17.5 Å². The van der Waals surface area contributed by atoms with Crippen LogP contribution in [0.1, 0.15) is 24.9 Å². The van der Waals surface area contributed by atoms with E-state index < -0.39 is 6.04 Å². The molecule has 0 aliphatic rings. The Labute approximate surface area is 146 Å². The Morgan fingerprint density at radius 3 is 2.44 bits per heavy atom. The van der Waals surface area contributed by atoms with Gasteiger partial charge in [0.1, 0.15) is 11.4 Å². The highest BCUT2D eigenvalue weighted by Gasteiger charge is 2.18. The number of hydrogen-bond acceptors (Lipinski definition) is 5. The van der Waals surface area contributed by atoms with E-state index in [2.05, 4.69) is 15.6 Å². The van der Waals surface area contributed by atoms with E-state index in [-0.39, 0.29) is 18.2 Å². The van der Waals surface area contributed by atoms with E-state index in [1.807, 2.05) is 12.1 Å². The molecule has 0 saturated heterocycles. The van der Waals surface area contributed by atoms with Gasteiger partial charge in [0.2, 0.25) is 17.7 Å². The van der Waals surface area contributed by atoms with Crippen LogP contribution < -0.4 is 20.1 Å². The van der Waals surface area contributed by atoms with Crippen LogP contribution in [0.2, 0.25) is 0 Å². The predicted octanol–water partition coefficient (Wildman–Crippen LogP) is 2.30. The van der Waals surface area contributed by atoms with Crippen molar-refractivity contribution in [1.82, 2.24) is 10.3 Å². The van der Waals surface area contributed by atoms with Gasteiger partial charge in [0.05, 0.1) is 26.7 Å². The van der Waals surface area contributed by atoms with Crippen molar-refractivity contribution in [2.75, 3.05) is 19.5 Å². The molecule has 0 radical (unpaired) electrons. The number of aromatic nitrogens is 1. The second-order valence-electron chi connectivity index (χ2n) is 5.34. The fourth-order valence-corrected chi connectivity index (χ4v) is 2.37. The first kappa shape index (κ1) is 18.3. The molecular formula is C18H21N3O4. The molecule has 2 aromatic rings. The molecule has 1 aromatic carbocycles. The van der Waals surface area contributed by atoms with Crippen molar-refractivity contribution in [3.05, 3.63) is 48.2 Å². The van der Waals surface area contributed by atoms with Crippen LogP contribution in [0.25, 0.3) is 0 Å². The Hall–Kier alpha value is -3.09. The number of rotatable bonds is 7. The number of carbonyl (C=O) groups excluding carboxylic acids is 2. The fraction of sp³-hybridized carbons (Fsp3) is 0.278. The lowest BCUT2D eigenvalue weighted by Gasteiger charge is -2.18. The van der Waals surface area contributed by atoms with Gasteiger partial charge in [-0.3, -0.25) is 9.59 Å². The molecular weight excluding hydrogens is 322 g/mol. The monoisotopic (exact) mass is 343 g/mol. The van der Waals surface area contributed by atoms with E-state index in [9.17, 15) is 9.59 Å². The zero-order valence-corrected chi connectivity index (χ0v) is 14.4. The summed E-state index contributed by atoms with van der Waals surface area (Å²) in [5.41, 5.74) is 1.29. The van der Waals surface area contributed by atoms with Crippen LogP contribution in [0.15, 0.2) is 42.6 Å². The van der Waals surface area contributed by atoms with Gasteiger partial charge in [-0.1, -0.05) is 12.1 Å². The number of anilines is 1. The number of methoxy groups -OCH3 is 2. The summed E-state index contributed by atoms with van der Waals surface area (Å²) in [6, 6.07) is 10.1. The summed E-state index contributed by atoms with van der Waals surface area (Å²) >= 11 is 0. The third-order valence-electron chi connectivity index (χ3n) is 3.52. The lowest BCUT2D eigenvalue weighted by atomic mass is 10.0. The number of hydrogen-bond donors (Lipinski definition) is 2. The Morgan fingerprint density at radius 1 is 1.12 bits per heavy atom. The Bertz CT molecular complexity index is 731. The number of carbonyl (C=O) groups is 2. The minimum absolute atomic E-state index is 0.0734. The van der Waals surface area contributed by atoms with Gasteiger partial charge in [-0.05, 0) is 29.8 Å². The van der Waals surface area contributed by atoms with Gasteiger partial charge in [0, 0.05) is 13.1 Å². The standard InChI is InChI=1S/C18H21N3O4/c1-12(22)20-16(13-6-8-14(24-2)9-7-13)11-17(23)21-15-5-4-10-19-18(15)25-3/h4-10,16H,11H2,1-3H3,(H,20,22)(H,21,23)/t16-/m0/s1. The van der Waals surface area contributed by atoms with Crippen molar-refractivity contribution in [3.63, 3.8) is 0 Å². The van der Waals surface area contributed by atoms with Crippen LogP contribution in [0.3, 0.4) is 0 Å². The van der Waals surface area contributed by atoms with Gasteiger partial charge < -0.3 is 20.1 Å². The van der Waals surface area contributed by atoms with Crippen molar-refractivity contribution < 1.29 is 19.1 Å². The number of nitrogens with one attached hydrogen (secondary N) is 2. The molecule has 0 aliphatic carbocycles. The number of pyridine rings is 1. The molecule has 0 aliphatic heterocycles. The molecule has 7 heteroatoms. The van der Waals surface area contributed by atoms with Crippen LogP contribution in [-0.2, 0) is 9.59 Å². The molecule has 0 bridgehead atoms. The number of benzene rings is 1. The zero-order valence-electron chi connectivity index (χ0n) is 14.4. The van der Waals surface area contributed by atoms with Crippen molar-refractivity contribution in [2.24, 2.45) is 0 Å². The fourth-order valence-electron chi connectivity index (χ4n) is 2.37. The minimum atomic E-state index is -0.453. The average molecular weight is 343 g/mol. The summed E-state index contributed by atoms with van der Waals surface area (Å²) in [6.45, 7) is 1.42. The van der Waals surface area contributed by atoms with Gasteiger partial charge in [0.15, 0.2) is 0 Å². The highest BCUT2D eigenvalue weighted by molar-refractivity contribution is 5.92. The van der Waals surface area contributed by atoms with Gasteiger partial charge in [-0.25, -0.2) is 4.98 Å². The third-order valence-corrected chi connectivity index (χ3v) is 3.52. The van der Waals surface area contributed by atoms with Gasteiger partial charge in [-0.2, -0.15) is 0 Å². The van der Waals surface area contributed by atoms with Crippen molar-refractivity contribution in [2.45, 2.75) is 19.4 Å². The highest BCUT2D eigenvalue weighted by Crippen LogP contribution is 2.23. The molecule has 0 saturated carbocycles. The van der Waals surface area contributed by atoms with Crippen LogP contribution >= 0.6 is 0 Å². The molecule has 132 valence electrons. The first-order valence-electron chi connectivity index (χ1n) is 7.73. The SMILES string of the molecule is COc1ccc([C@H](CC(=O)Nc2cccnc2OC)NC(C)=O)cc1. The van der Waals surface area contributed by atoms with Gasteiger partial charge in [-0.15, -0.1) is 0 Å². The minimum Gasteiger partial charge on any atom is -0.497 e. The molecule has 7 nitrogen and oxygen atoms in total. The molecule has 0 unspecified atom stereocenters. The van der Waals surface area contributed by atoms with E-state index >= 15 is 0 Å². The van der Waals surface area contributed by atoms with E-state index in [1.54, 1.807) is 37.6 Å². The molecule has 1 heterocycles. The largest absolute Gasteiger partial charge is 0.497 e. The molecule has 2 N–H and O–H groups in total. The molecule has 25 heavy (non-hydrogen) atoms. The number of amides is 2. The smallest absolute Gasteiger partial charge is 0.237 e. The second kappa shape index (κ2) is 8.68. The molecule has 0 spiro atoms. The second-order valence-corrected chi connectivity index (χ2v) is 5.34. The van der Waals surface area contributed by atoms with Crippen LogP contribution in [-0.4, -0.2) is 31.0 Å². The predicted molar refractivity (Wildman–Crippen MR) is 93.6 cm³/mol. The summed E-state index contributed by atoms with van der Waals surface area (Å²) in [5.74, 6) is 0.555. The lowest BCUT2D eigenvalue weighted by Crippen LogP contribution is -2.29. The Morgan fingerprint density at radius 2 is 1.84 bits per heavy atom. The van der Waals surface area contributed by atoms with Crippen LogP contribution in [0.5, 0.6) is 11.6 Å². The molecule has 1 aromatic heterocycles. The number of nitrogens with zero attached hydrogens (tertiary/aromatic N) is 1. The van der Waals surface area contributed by atoms with Crippen molar-refractivity contribution in [3.8, 4) is 11.6 Å². The first-order valence-corrected chi connectivity index (χ1v) is 7.73. The van der Waals surface area contributed by atoms with E-state index in [4.69, 9.17) is 9.47 Å². The lowest BCUT2D eigenvalue weighted by molar-refractivity contribution is -0.120. The quantitative estimate of drug-likeness (QED) is 0.805. The Balaban J connectivity index is 2.12. The van der Waals surface area contributed by atoms with Crippen LogP contribution in [0.4, 0.5) is 5.69 Å². The molecule has 0 fully saturated rings. The maximum atomic E-state index is 12.4. The first-order chi connectivity index (χ1) is 12.0. The Kier molecular flexibility index (Phi) is 6.33. The summed E-state index contributed by atoms with van der Waals surface area (Å²) in [5, 5.41) is 5.55. The third kappa shape index (κ3) is 5.20. The zero-order chi connectivity index (χ0) is 18.2. The summed E-state index contributed by atoms with van der Waals surface area (Å²) in [7, 11) is 3.06. The van der Waals surface area contributed by atoms with E-state index in [1.165, 1.54) is 14.0 Å². The topological polar surface area (TPSA) is 89.6 Å². The average Bonchev–Trinajstić information content (AvgIpc) is 2.61. The van der Waals surface area contributed by atoms with E-state index in [0.717, 1.165) is 5.56 Å². The highest BCUT2D eigenvalue weighted by atomic mass is 16.5. The summed E-state index contributed by atoms with van der Waals surface area (Å²) in [4.78, 5) is 27.9. The normalized spacial score (nSPS) is 11.3. The molecule has 1 atom stereocenters. The van der Waals surface area contributed by atoms with Gasteiger partial charge in [0.25, 0.3) is 0 Å². The van der Waals surface area contributed by atoms with Crippen molar-refractivity contribution in [1.29, 1.82) is 0 Å². The number of ether oxygens (including phenoxy) is 2. The molecule has 2 rings (SSSR count). The summed E-state index contributed by atoms with van der Waals surface area (Å²) in [6.07, 6.45) is 1.65.